The van der Waals surface area contributed by atoms with Gasteiger partial charge >= 0.3 is 0 Å². The van der Waals surface area contributed by atoms with E-state index in [9.17, 15) is 14.7 Å². The third kappa shape index (κ3) is 4.19. The Morgan fingerprint density at radius 3 is 2.72 bits per heavy atom. The Bertz CT molecular complexity index is 592. The van der Waals surface area contributed by atoms with Crippen molar-refractivity contribution in [1.29, 1.82) is 0 Å². The molecule has 136 valence electrons. The summed E-state index contributed by atoms with van der Waals surface area (Å²) in [4.78, 5) is 28.6. The number of benzene rings is 1. The van der Waals surface area contributed by atoms with Gasteiger partial charge in [-0.15, -0.1) is 0 Å². The first kappa shape index (κ1) is 17.9. The predicted octanol–water partition coefficient (Wildman–Crippen LogP) is 1.35. The van der Waals surface area contributed by atoms with E-state index in [1.807, 2.05) is 30.3 Å². The average molecular weight is 346 g/mol. The molecule has 2 amide bonds. The van der Waals surface area contributed by atoms with Gasteiger partial charge in [0.2, 0.25) is 11.8 Å². The molecule has 2 aliphatic rings. The quantitative estimate of drug-likeness (QED) is 0.893. The molecule has 0 radical (unpaired) electrons. The van der Waals surface area contributed by atoms with Crippen molar-refractivity contribution in [2.75, 3.05) is 32.8 Å². The third-order valence-corrected chi connectivity index (χ3v) is 4.99. The number of amides is 2. The van der Waals surface area contributed by atoms with E-state index >= 15 is 0 Å². The van der Waals surface area contributed by atoms with E-state index in [2.05, 4.69) is 0 Å². The summed E-state index contributed by atoms with van der Waals surface area (Å²) in [7, 11) is 0. The van der Waals surface area contributed by atoms with E-state index in [0.29, 0.717) is 26.1 Å². The van der Waals surface area contributed by atoms with Gasteiger partial charge in [0.05, 0.1) is 25.8 Å². The minimum atomic E-state index is -0.445. The fourth-order valence-corrected chi connectivity index (χ4v) is 3.67. The number of rotatable bonds is 4. The average Bonchev–Trinajstić information content (AvgIpc) is 2.86. The molecule has 0 unspecified atom stereocenters. The van der Waals surface area contributed by atoms with E-state index < -0.39 is 6.10 Å². The van der Waals surface area contributed by atoms with Crippen LogP contribution in [-0.4, -0.2) is 65.7 Å². The van der Waals surface area contributed by atoms with E-state index in [1.54, 1.807) is 9.80 Å². The van der Waals surface area contributed by atoms with Gasteiger partial charge in [-0.05, 0) is 18.4 Å². The van der Waals surface area contributed by atoms with Crippen LogP contribution in [-0.2, 0) is 14.3 Å². The van der Waals surface area contributed by atoms with Gasteiger partial charge in [0, 0.05) is 19.5 Å². The summed E-state index contributed by atoms with van der Waals surface area (Å²) in [6.07, 6.45) is 2.97. The SMILES string of the molecule is O=C1CCCCCN1CC(=O)N1CCO[C@@H](CO)[C@@H]1c1ccccc1. The van der Waals surface area contributed by atoms with Crippen LogP contribution in [0, 0.1) is 0 Å². The number of morpholine rings is 1. The number of likely N-dealkylation sites (tertiary alicyclic amines) is 1. The van der Waals surface area contributed by atoms with Crippen molar-refractivity contribution in [3.05, 3.63) is 35.9 Å². The van der Waals surface area contributed by atoms with E-state index in [1.165, 1.54) is 0 Å². The largest absolute Gasteiger partial charge is 0.394 e. The summed E-state index contributed by atoms with van der Waals surface area (Å²) in [6, 6.07) is 9.32. The minimum absolute atomic E-state index is 0.0640. The summed E-state index contributed by atoms with van der Waals surface area (Å²) in [5.74, 6) is -0.0140. The van der Waals surface area contributed by atoms with Crippen LogP contribution in [0.4, 0.5) is 0 Å². The number of aliphatic hydroxyl groups is 1. The van der Waals surface area contributed by atoms with Crippen molar-refractivity contribution in [1.82, 2.24) is 9.80 Å². The van der Waals surface area contributed by atoms with Gasteiger partial charge in [-0.25, -0.2) is 0 Å². The second-order valence-electron chi connectivity index (χ2n) is 6.66. The van der Waals surface area contributed by atoms with Gasteiger partial charge in [-0.1, -0.05) is 36.8 Å². The van der Waals surface area contributed by atoms with Crippen molar-refractivity contribution in [3.63, 3.8) is 0 Å². The second kappa shape index (κ2) is 8.45. The Morgan fingerprint density at radius 2 is 1.96 bits per heavy atom. The molecule has 3 rings (SSSR count). The first-order chi connectivity index (χ1) is 12.2. The zero-order valence-corrected chi connectivity index (χ0v) is 14.5. The normalized spacial score (nSPS) is 24.9. The fourth-order valence-electron chi connectivity index (χ4n) is 3.67. The van der Waals surface area contributed by atoms with Crippen LogP contribution >= 0.6 is 0 Å². The highest BCUT2D eigenvalue weighted by molar-refractivity contribution is 5.85. The molecule has 1 N–H and O–H groups in total. The number of nitrogens with zero attached hydrogens (tertiary/aromatic N) is 2. The van der Waals surface area contributed by atoms with Crippen molar-refractivity contribution < 1.29 is 19.4 Å². The molecular weight excluding hydrogens is 320 g/mol. The molecule has 6 nitrogen and oxygen atoms in total. The standard InChI is InChI=1S/C19H26N2O4/c22-14-16-19(15-7-3-1-4-8-15)21(11-12-25-16)18(24)13-20-10-6-2-5-9-17(20)23/h1,3-4,7-8,16,19,22H,2,5-6,9-14H2/t16-,19-/m0/s1. The van der Waals surface area contributed by atoms with Crippen LogP contribution in [0.5, 0.6) is 0 Å². The highest BCUT2D eigenvalue weighted by Gasteiger charge is 2.36. The van der Waals surface area contributed by atoms with E-state index in [4.69, 9.17) is 4.74 Å². The van der Waals surface area contributed by atoms with Crippen LogP contribution in [0.1, 0.15) is 37.3 Å². The minimum Gasteiger partial charge on any atom is -0.394 e. The highest BCUT2D eigenvalue weighted by Crippen LogP contribution is 2.29. The molecule has 0 saturated carbocycles. The molecule has 0 aromatic heterocycles. The molecular formula is C19H26N2O4. The maximum absolute atomic E-state index is 13.0. The number of ether oxygens (including phenoxy) is 1. The Morgan fingerprint density at radius 1 is 1.16 bits per heavy atom. The van der Waals surface area contributed by atoms with Crippen molar-refractivity contribution in [2.45, 2.75) is 37.8 Å². The number of hydrogen-bond acceptors (Lipinski definition) is 4. The summed E-state index contributed by atoms with van der Waals surface area (Å²) >= 11 is 0. The lowest BCUT2D eigenvalue weighted by Crippen LogP contribution is -2.52. The first-order valence-corrected chi connectivity index (χ1v) is 9.05. The topological polar surface area (TPSA) is 70.1 Å². The Balaban J connectivity index is 1.77. The number of aliphatic hydroxyl groups excluding tert-OH is 1. The van der Waals surface area contributed by atoms with Gasteiger partial charge in [-0.3, -0.25) is 9.59 Å². The summed E-state index contributed by atoms with van der Waals surface area (Å²) < 4.78 is 5.68. The van der Waals surface area contributed by atoms with Gasteiger partial charge in [0.1, 0.15) is 6.10 Å². The zero-order chi connectivity index (χ0) is 17.6. The number of carbonyl (C=O) groups is 2. The fraction of sp³-hybridized carbons (Fsp3) is 0.579. The smallest absolute Gasteiger partial charge is 0.242 e. The molecule has 1 aromatic rings. The van der Waals surface area contributed by atoms with Crippen LogP contribution < -0.4 is 0 Å². The van der Waals surface area contributed by atoms with Crippen molar-refractivity contribution >= 4 is 11.8 Å². The highest BCUT2D eigenvalue weighted by atomic mass is 16.5. The molecule has 0 aliphatic carbocycles. The number of carbonyl (C=O) groups excluding carboxylic acids is 2. The predicted molar refractivity (Wildman–Crippen MR) is 92.8 cm³/mol. The second-order valence-corrected chi connectivity index (χ2v) is 6.66. The third-order valence-electron chi connectivity index (χ3n) is 4.99. The molecule has 1 aromatic carbocycles. The molecule has 2 fully saturated rings. The van der Waals surface area contributed by atoms with Gasteiger partial charge in [0.25, 0.3) is 0 Å². The molecule has 0 bridgehead atoms. The van der Waals surface area contributed by atoms with Crippen LogP contribution in [0.25, 0.3) is 0 Å². The summed E-state index contributed by atoms with van der Waals surface area (Å²) in [5, 5.41) is 9.70. The van der Waals surface area contributed by atoms with E-state index in [-0.39, 0.29) is 31.0 Å². The molecule has 25 heavy (non-hydrogen) atoms. The lowest BCUT2D eigenvalue weighted by molar-refractivity contribution is -0.153. The first-order valence-electron chi connectivity index (χ1n) is 9.05. The van der Waals surface area contributed by atoms with Crippen LogP contribution in [0.3, 0.4) is 0 Å². The van der Waals surface area contributed by atoms with Crippen molar-refractivity contribution in [3.8, 4) is 0 Å². The summed E-state index contributed by atoms with van der Waals surface area (Å²) in [5.41, 5.74) is 0.941. The monoisotopic (exact) mass is 346 g/mol. The Hall–Kier alpha value is -1.92. The number of hydrogen-bond donors (Lipinski definition) is 1. The maximum Gasteiger partial charge on any atom is 0.242 e. The van der Waals surface area contributed by atoms with Gasteiger partial charge < -0.3 is 19.6 Å². The Labute approximate surface area is 148 Å². The summed E-state index contributed by atoms with van der Waals surface area (Å²) in [6.45, 7) is 1.48. The Kier molecular flexibility index (Phi) is 6.04. The van der Waals surface area contributed by atoms with Crippen LogP contribution in [0.2, 0.25) is 0 Å². The molecule has 2 heterocycles. The van der Waals surface area contributed by atoms with Gasteiger partial charge in [-0.2, -0.15) is 0 Å². The maximum atomic E-state index is 13.0. The molecule has 0 spiro atoms. The lowest BCUT2D eigenvalue weighted by atomic mass is 9.98. The molecule has 2 aliphatic heterocycles. The van der Waals surface area contributed by atoms with Gasteiger partial charge in [0.15, 0.2) is 0 Å². The molecule has 6 heteroatoms. The lowest BCUT2D eigenvalue weighted by Gasteiger charge is -2.41. The molecule has 2 atom stereocenters. The van der Waals surface area contributed by atoms with E-state index in [0.717, 1.165) is 24.8 Å². The zero-order valence-electron chi connectivity index (χ0n) is 14.5. The molecule has 2 saturated heterocycles. The van der Waals surface area contributed by atoms with Crippen molar-refractivity contribution in [2.24, 2.45) is 0 Å². The van der Waals surface area contributed by atoms with Crippen LogP contribution in [0.15, 0.2) is 30.3 Å².